The van der Waals surface area contributed by atoms with Gasteiger partial charge in [0.1, 0.15) is 5.00 Å². The molecule has 116 valence electrons. The van der Waals surface area contributed by atoms with Crippen molar-refractivity contribution in [2.45, 2.75) is 44.2 Å². The number of anilines is 1. The van der Waals surface area contributed by atoms with Crippen LogP contribution in [0.2, 0.25) is 0 Å². The highest BCUT2D eigenvalue weighted by Gasteiger charge is 2.30. The number of nitrogens with one attached hydrogen (secondary N) is 1. The van der Waals surface area contributed by atoms with Gasteiger partial charge in [-0.2, -0.15) is 4.37 Å². The predicted octanol–water partition coefficient (Wildman–Crippen LogP) is 3.61. The molecule has 0 saturated carbocycles. The minimum absolute atomic E-state index is 0.0113. The fourth-order valence-corrected chi connectivity index (χ4v) is 4.26. The molecule has 5 nitrogen and oxygen atoms in total. The maximum atomic E-state index is 11.9. The summed E-state index contributed by atoms with van der Waals surface area (Å²) in [5.74, 6) is 1.08. The second kappa shape index (κ2) is 6.75. The minimum atomic E-state index is 0.0113. The average molecular weight is 334 g/mol. The van der Waals surface area contributed by atoms with Crippen LogP contribution in [0.4, 0.5) is 5.00 Å². The molecule has 7 heteroatoms. The summed E-state index contributed by atoms with van der Waals surface area (Å²) >= 11 is 3.02. The molecule has 0 spiro atoms. The Morgan fingerprint density at radius 3 is 2.91 bits per heavy atom. The molecule has 3 rings (SSSR count). The van der Waals surface area contributed by atoms with Crippen LogP contribution in [0.3, 0.4) is 0 Å². The van der Waals surface area contributed by atoms with Crippen LogP contribution < -0.4 is 5.32 Å². The summed E-state index contributed by atoms with van der Waals surface area (Å²) in [6.07, 6.45) is 6.48. The molecule has 1 atom stereocenters. The molecular weight excluding hydrogens is 316 g/mol. The fraction of sp³-hybridized carbons (Fsp3) is 0.467. The van der Waals surface area contributed by atoms with E-state index in [0.29, 0.717) is 6.42 Å². The first-order valence-electron chi connectivity index (χ1n) is 7.39. The maximum Gasteiger partial charge on any atom is 0.225 e. The Bertz CT molecular complexity index is 669. The van der Waals surface area contributed by atoms with Crippen molar-refractivity contribution in [1.82, 2.24) is 14.3 Å². The standard InChI is InChI=1S/C15H18N4OS2/c1-3-4-5-21-15-16-7-10(8-17-15)11-6-12(20)18-14-13(11)9(2)19-22-14/h7-8,11H,3-6H2,1-2H3,(H,18,20). The number of carbonyl (C=O) groups is 1. The molecule has 1 unspecified atom stereocenters. The van der Waals surface area contributed by atoms with Crippen LogP contribution in [0, 0.1) is 6.92 Å². The third-order valence-corrected chi connectivity index (χ3v) is 5.51. The van der Waals surface area contributed by atoms with Crippen molar-refractivity contribution in [2.24, 2.45) is 0 Å². The van der Waals surface area contributed by atoms with E-state index in [0.717, 1.165) is 32.7 Å². The lowest BCUT2D eigenvalue weighted by molar-refractivity contribution is -0.116. The molecule has 22 heavy (non-hydrogen) atoms. The van der Waals surface area contributed by atoms with E-state index in [1.54, 1.807) is 11.8 Å². The summed E-state index contributed by atoms with van der Waals surface area (Å²) in [6.45, 7) is 4.16. The first kappa shape index (κ1) is 15.4. The molecule has 0 fully saturated rings. The van der Waals surface area contributed by atoms with Gasteiger partial charge in [-0.25, -0.2) is 9.97 Å². The van der Waals surface area contributed by atoms with Gasteiger partial charge in [0.2, 0.25) is 5.91 Å². The van der Waals surface area contributed by atoms with Crippen LogP contribution in [0.25, 0.3) is 0 Å². The molecule has 2 aromatic rings. The van der Waals surface area contributed by atoms with Gasteiger partial charge < -0.3 is 5.32 Å². The van der Waals surface area contributed by atoms with Crippen molar-refractivity contribution >= 4 is 34.2 Å². The monoisotopic (exact) mass is 334 g/mol. The SMILES string of the molecule is CCCCSc1ncc(C2CC(=O)Nc3snc(C)c32)cn1. The largest absolute Gasteiger partial charge is 0.316 e. The first-order chi connectivity index (χ1) is 10.7. The fourth-order valence-electron chi connectivity index (χ4n) is 2.52. The summed E-state index contributed by atoms with van der Waals surface area (Å²) in [7, 11) is 0. The molecule has 0 bridgehead atoms. The normalized spacial score (nSPS) is 17.2. The van der Waals surface area contributed by atoms with Crippen molar-refractivity contribution in [3.05, 3.63) is 29.2 Å². The highest BCUT2D eigenvalue weighted by atomic mass is 32.2. The van der Waals surface area contributed by atoms with Crippen molar-refractivity contribution in [3.8, 4) is 0 Å². The number of hydrogen-bond donors (Lipinski definition) is 1. The second-order valence-corrected chi connectivity index (χ2v) is 7.15. The summed E-state index contributed by atoms with van der Waals surface area (Å²) in [6, 6.07) is 0. The van der Waals surface area contributed by atoms with Gasteiger partial charge in [0, 0.05) is 36.0 Å². The highest BCUT2D eigenvalue weighted by molar-refractivity contribution is 7.99. The van der Waals surface area contributed by atoms with E-state index in [1.165, 1.54) is 24.4 Å². The molecule has 0 aliphatic carbocycles. The van der Waals surface area contributed by atoms with Crippen LogP contribution >= 0.6 is 23.3 Å². The van der Waals surface area contributed by atoms with E-state index < -0.39 is 0 Å². The number of fused-ring (bicyclic) bond motifs is 1. The molecule has 0 saturated heterocycles. The molecule has 3 heterocycles. The van der Waals surface area contributed by atoms with Gasteiger partial charge in [0.25, 0.3) is 0 Å². The predicted molar refractivity (Wildman–Crippen MR) is 89.6 cm³/mol. The Morgan fingerprint density at radius 2 is 2.18 bits per heavy atom. The number of hydrogen-bond acceptors (Lipinski definition) is 6. The van der Waals surface area contributed by atoms with Crippen molar-refractivity contribution in [1.29, 1.82) is 0 Å². The summed E-state index contributed by atoms with van der Waals surface area (Å²) in [5.41, 5.74) is 3.07. The quantitative estimate of drug-likeness (QED) is 0.514. The van der Waals surface area contributed by atoms with Gasteiger partial charge in [-0.15, -0.1) is 0 Å². The van der Waals surface area contributed by atoms with Crippen LogP contribution in [0.1, 0.15) is 48.9 Å². The van der Waals surface area contributed by atoms with Crippen molar-refractivity contribution < 1.29 is 4.79 Å². The van der Waals surface area contributed by atoms with Crippen molar-refractivity contribution in [2.75, 3.05) is 11.1 Å². The number of unbranched alkanes of at least 4 members (excludes halogenated alkanes) is 1. The van der Waals surface area contributed by atoms with Gasteiger partial charge in [0.05, 0.1) is 5.69 Å². The summed E-state index contributed by atoms with van der Waals surface area (Å²) in [4.78, 5) is 20.8. The Hall–Kier alpha value is -1.47. The van der Waals surface area contributed by atoms with E-state index in [9.17, 15) is 4.79 Å². The molecule has 1 aliphatic heterocycles. The van der Waals surface area contributed by atoms with Gasteiger partial charge in [-0.1, -0.05) is 25.1 Å². The van der Waals surface area contributed by atoms with Gasteiger partial charge in [0.15, 0.2) is 5.16 Å². The Labute approximate surface area is 138 Å². The lowest BCUT2D eigenvalue weighted by atomic mass is 9.88. The molecule has 0 radical (unpaired) electrons. The van der Waals surface area contributed by atoms with Crippen LogP contribution in [0.15, 0.2) is 17.6 Å². The Kier molecular flexibility index (Phi) is 4.73. The zero-order valence-corrected chi connectivity index (χ0v) is 14.3. The molecule has 1 amide bonds. The number of carbonyl (C=O) groups excluding carboxylic acids is 1. The van der Waals surface area contributed by atoms with Crippen LogP contribution in [-0.4, -0.2) is 26.0 Å². The van der Waals surface area contributed by atoms with Gasteiger partial charge in [-0.05, 0) is 30.4 Å². The molecular formula is C15H18N4OS2. The third-order valence-electron chi connectivity index (χ3n) is 3.68. The van der Waals surface area contributed by atoms with Crippen molar-refractivity contribution in [3.63, 3.8) is 0 Å². The molecule has 0 aromatic carbocycles. The second-order valence-electron chi connectivity index (χ2n) is 5.32. The molecule has 1 N–H and O–H groups in total. The average Bonchev–Trinajstić information content (AvgIpc) is 2.89. The smallest absolute Gasteiger partial charge is 0.225 e. The number of rotatable bonds is 5. The Morgan fingerprint density at radius 1 is 1.41 bits per heavy atom. The van der Waals surface area contributed by atoms with E-state index in [2.05, 4.69) is 26.6 Å². The van der Waals surface area contributed by atoms with Crippen LogP contribution in [0.5, 0.6) is 0 Å². The lowest BCUT2D eigenvalue weighted by Gasteiger charge is -2.22. The number of aromatic nitrogens is 3. The van der Waals surface area contributed by atoms with E-state index >= 15 is 0 Å². The van der Waals surface area contributed by atoms with E-state index in [-0.39, 0.29) is 11.8 Å². The Balaban J connectivity index is 1.82. The zero-order valence-electron chi connectivity index (χ0n) is 12.6. The number of aryl methyl sites for hydroxylation is 1. The highest BCUT2D eigenvalue weighted by Crippen LogP contribution is 2.40. The van der Waals surface area contributed by atoms with E-state index in [4.69, 9.17) is 0 Å². The van der Waals surface area contributed by atoms with Gasteiger partial charge in [-0.3, -0.25) is 4.79 Å². The van der Waals surface area contributed by atoms with Crippen LogP contribution in [-0.2, 0) is 4.79 Å². The first-order valence-corrected chi connectivity index (χ1v) is 9.15. The summed E-state index contributed by atoms with van der Waals surface area (Å²) < 4.78 is 4.36. The molecule has 2 aromatic heterocycles. The van der Waals surface area contributed by atoms with Gasteiger partial charge >= 0.3 is 0 Å². The number of nitrogens with zero attached hydrogens (tertiary/aromatic N) is 3. The number of amides is 1. The number of thioether (sulfide) groups is 1. The zero-order chi connectivity index (χ0) is 15.5. The minimum Gasteiger partial charge on any atom is -0.316 e. The topological polar surface area (TPSA) is 67.8 Å². The molecule has 1 aliphatic rings. The third kappa shape index (κ3) is 3.15. The lowest BCUT2D eigenvalue weighted by Crippen LogP contribution is -2.22. The van der Waals surface area contributed by atoms with E-state index in [1.807, 2.05) is 19.3 Å². The maximum absolute atomic E-state index is 11.9. The summed E-state index contributed by atoms with van der Waals surface area (Å²) in [5, 5.41) is 4.56.